The predicted octanol–water partition coefficient (Wildman–Crippen LogP) is 6.98. The second-order valence-corrected chi connectivity index (χ2v) is 11.1. The standard InChI is InChI=1S/C25H30ClNO3S/c1-13-20(23(14(2)28)30-25(3,4)5)21(16-11-10-15(26)12-18(16)29)22-17-8-6-7-9-19(17)31-24(22)27-13/h10,12,16,23,29H,6-9,11H2,1-5H3/t16?,23-/m1/s1. The molecule has 2 aliphatic rings. The van der Waals surface area contributed by atoms with E-state index in [1.165, 1.54) is 16.9 Å². The maximum Gasteiger partial charge on any atom is 0.163 e. The third-order valence-corrected chi connectivity index (χ3v) is 7.46. The molecule has 31 heavy (non-hydrogen) atoms. The Labute approximate surface area is 193 Å². The molecule has 0 saturated carbocycles. The second kappa shape index (κ2) is 8.34. The Hall–Kier alpha value is -1.69. The molecule has 1 unspecified atom stereocenters. The highest BCUT2D eigenvalue weighted by atomic mass is 35.5. The molecule has 2 aromatic heterocycles. The third-order valence-electron chi connectivity index (χ3n) is 6.01. The van der Waals surface area contributed by atoms with Crippen LogP contribution in [-0.4, -0.2) is 21.5 Å². The minimum absolute atomic E-state index is 0.0580. The summed E-state index contributed by atoms with van der Waals surface area (Å²) in [6.07, 6.45) is 7.81. The van der Waals surface area contributed by atoms with Crippen LogP contribution in [-0.2, 0) is 22.4 Å². The van der Waals surface area contributed by atoms with E-state index >= 15 is 0 Å². The molecule has 0 spiro atoms. The van der Waals surface area contributed by atoms with Crippen LogP contribution in [0.4, 0.5) is 0 Å². The fourth-order valence-corrected chi connectivity index (χ4v) is 6.29. The molecule has 4 nitrogen and oxygen atoms in total. The van der Waals surface area contributed by atoms with E-state index < -0.39 is 11.7 Å². The van der Waals surface area contributed by atoms with Crippen LogP contribution in [0.5, 0.6) is 0 Å². The SMILES string of the molecule is CC(=O)[C@@H](OC(C)(C)C)c1c(C)nc2sc3c(c2c1C1CC=C(Cl)C=C1O)CCCC3. The zero-order chi connectivity index (χ0) is 22.5. The summed E-state index contributed by atoms with van der Waals surface area (Å²) in [4.78, 5) is 20.2. The predicted molar refractivity (Wildman–Crippen MR) is 127 cm³/mol. The summed E-state index contributed by atoms with van der Waals surface area (Å²) in [6.45, 7) is 9.39. The number of carbonyl (C=O) groups is 1. The lowest BCUT2D eigenvalue weighted by molar-refractivity contribution is -0.139. The van der Waals surface area contributed by atoms with E-state index in [1.807, 2.05) is 33.8 Å². The zero-order valence-corrected chi connectivity index (χ0v) is 20.4. The maximum absolute atomic E-state index is 12.8. The number of thiophene rings is 1. The van der Waals surface area contributed by atoms with Crippen molar-refractivity contribution in [1.82, 2.24) is 4.98 Å². The van der Waals surface area contributed by atoms with Crippen molar-refractivity contribution in [2.24, 2.45) is 0 Å². The number of nitrogens with zero attached hydrogens (tertiary/aromatic N) is 1. The number of halogens is 1. The topological polar surface area (TPSA) is 59.4 Å². The number of fused-ring (bicyclic) bond motifs is 3. The van der Waals surface area contributed by atoms with Gasteiger partial charge in [0.15, 0.2) is 5.78 Å². The molecule has 166 valence electrons. The summed E-state index contributed by atoms with van der Waals surface area (Å²) in [5.41, 5.74) is 3.41. The summed E-state index contributed by atoms with van der Waals surface area (Å²) in [7, 11) is 0. The summed E-state index contributed by atoms with van der Waals surface area (Å²) < 4.78 is 6.29. The molecule has 0 bridgehead atoms. The number of pyridine rings is 1. The lowest BCUT2D eigenvalue weighted by Gasteiger charge is -2.31. The third kappa shape index (κ3) is 4.33. The Morgan fingerprint density at radius 3 is 2.68 bits per heavy atom. The van der Waals surface area contributed by atoms with Crippen LogP contribution in [0.25, 0.3) is 10.2 Å². The molecule has 2 atom stereocenters. The van der Waals surface area contributed by atoms with Gasteiger partial charge < -0.3 is 9.84 Å². The number of rotatable bonds is 4. The number of hydrogen-bond acceptors (Lipinski definition) is 5. The normalized spacial score (nSPS) is 20.3. The average molecular weight is 460 g/mol. The van der Waals surface area contributed by atoms with Crippen LogP contribution < -0.4 is 0 Å². The van der Waals surface area contributed by atoms with Gasteiger partial charge in [0.2, 0.25) is 0 Å². The van der Waals surface area contributed by atoms with Gasteiger partial charge in [-0.25, -0.2) is 4.98 Å². The highest BCUT2D eigenvalue weighted by Gasteiger charge is 2.35. The number of aliphatic hydroxyl groups is 1. The first-order chi connectivity index (χ1) is 14.6. The van der Waals surface area contributed by atoms with Gasteiger partial charge in [-0.1, -0.05) is 17.7 Å². The van der Waals surface area contributed by atoms with Crippen LogP contribution in [0.3, 0.4) is 0 Å². The number of aliphatic hydroxyl groups excluding tert-OH is 1. The van der Waals surface area contributed by atoms with Crippen LogP contribution in [0.15, 0.2) is 22.9 Å². The second-order valence-electron chi connectivity index (χ2n) is 9.58. The number of Topliss-reactive ketones (excluding diaryl/α,β-unsaturated/α-hetero) is 1. The molecule has 4 rings (SSSR count). The monoisotopic (exact) mass is 459 g/mol. The van der Waals surface area contributed by atoms with Gasteiger partial charge in [-0.2, -0.15) is 0 Å². The molecular formula is C25H30ClNO3S. The van der Waals surface area contributed by atoms with Crippen LogP contribution in [0, 0.1) is 6.92 Å². The number of ether oxygens (including phenoxy) is 1. The highest BCUT2D eigenvalue weighted by molar-refractivity contribution is 7.18. The Morgan fingerprint density at radius 2 is 2.03 bits per heavy atom. The van der Waals surface area contributed by atoms with E-state index in [0.29, 0.717) is 11.5 Å². The van der Waals surface area contributed by atoms with Crippen molar-refractivity contribution >= 4 is 38.9 Å². The van der Waals surface area contributed by atoms with Crippen molar-refractivity contribution in [1.29, 1.82) is 0 Å². The number of ketones is 1. The van der Waals surface area contributed by atoms with Gasteiger partial charge in [0.25, 0.3) is 0 Å². The zero-order valence-electron chi connectivity index (χ0n) is 18.8. The molecule has 0 radical (unpaired) electrons. The highest BCUT2D eigenvalue weighted by Crippen LogP contribution is 2.47. The van der Waals surface area contributed by atoms with Gasteiger partial charge in [0.1, 0.15) is 16.7 Å². The Morgan fingerprint density at radius 1 is 1.32 bits per heavy atom. The average Bonchev–Trinajstić information content (AvgIpc) is 3.02. The van der Waals surface area contributed by atoms with Gasteiger partial charge in [-0.3, -0.25) is 4.79 Å². The summed E-state index contributed by atoms with van der Waals surface area (Å²) >= 11 is 7.94. The van der Waals surface area contributed by atoms with Crippen LogP contribution >= 0.6 is 22.9 Å². The molecule has 0 fully saturated rings. The molecule has 0 amide bonds. The van der Waals surface area contributed by atoms with E-state index in [1.54, 1.807) is 24.3 Å². The number of hydrogen-bond donors (Lipinski definition) is 1. The molecular weight excluding hydrogens is 430 g/mol. The van der Waals surface area contributed by atoms with Gasteiger partial charge in [0, 0.05) is 32.5 Å². The molecule has 1 N–H and O–H groups in total. The van der Waals surface area contributed by atoms with Gasteiger partial charge in [0.05, 0.1) is 5.60 Å². The van der Waals surface area contributed by atoms with E-state index in [4.69, 9.17) is 21.3 Å². The van der Waals surface area contributed by atoms with Crippen LogP contribution in [0.2, 0.25) is 0 Å². The maximum atomic E-state index is 12.8. The first-order valence-electron chi connectivity index (χ1n) is 11.0. The Kier molecular flexibility index (Phi) is 6.06. The Bertz CT molecular complexity index is 1110. The van der Waals surface area contributed by atoms with Crippen molar-refractivity contribution < 1.29 is 14.6 Å². The number of carbonyl (C=O) groups excluding carboxylic acids is 1. The van der Waals surface area contributed by atoms with E-state index in [-0.39, 0.29) is 17.5 Å². The number of aryl methyl sites for hydroxylation is 3. The summed E-state index contributed by atoms with van der Waals surface area (Å²) in [5, 5.41) is 12.6. The molecule has 2 aliphatic carbocycles. The quantitative estimate of drug-likeness (QED) is 0.535. The van der Waals surface area contributed by atoms with Crippen molar-refractivity contribution in [2.75, 3.05) is 0 Å². The summed E-state index contributed by atoms with van der Waals surface area (Å²) in [5.74, 6) is -0.0976. The first-order valence-corrected chi connectivity index (χ1v) is 12.2. The molecule has 0 aromatic carbocycles. The lowest BCUT2D eigenvalue weighted by atomic mass is 9.81. The Balaban J connectivity index is 2.04. The van der Waals surface area contributed by atoms with Gasteiger partial charge >= 0.3 is 0 Å². The molecule has 6 heteroatoms. The molecule has 0 saturated heterocycles. The number of aromatic nitrogens is 1. The largest absolute Gasteiger partial charge is 0.512 e. The smallest absolute Gasteiger partial charge is 0.163 e. The number of allylic oxidation sites excluding steroid dienone is 4. The van der Waals surface area contributed by atoms with Crippen molar-refractivity contribution in [2.45, 2.75) is 84.3 Å². The first kappa shape index (κ1) is 22.5. The van der Waals surface area contributed by atoms with Crippen LogP contribution in [0.1, 0.15) is 86.2 Å². The lowest BCUT2D eigenvalue weighted by Crippen LogP contribution is -2.28. The van der Waals surface area contributed by atoms with Crippen molar-refractivity contribution in [3.8, 4) is 0 Å². The molecule has 2 heterocycles. The molecule has 2 aromatic rings. The minimum Gasteiger partial charge on any atom is -0.512 e. The van der Waals surface area contributed by atoms with E-state index in [2.05, 4.69) is 0 Å². The minimum atomic E-state index is -0.736. The van der Waals surface area contributed by atoms with Crippen molar-refractivity contribution in [3.05, 3.63) is 50.2 Å². The fraction of sp³-hybridized carbons (Fsp3) is 0.520. The van der Waals surface area contributed by atoms with Gasteiger partial charge in [-0.15, -0.1) is 11.3 Å². The van der Waals surface area contributed by atoms with E-state index in [9.17, 15) is 9.90 Å². The van der Waals surface area contributed by atoms with Gasteiger partial charge in [-0.05, 0) is 83.9 Å². The van der Waals surface area contributed by atoms with Crippen molar-refractivity contribution in [3.63, 3.8) is 0 Å². The summed E-state index contributed by atoms with van der Waals surface area (Å²) in [6, 6.07) is 0. The fourth-order valence-electron chi connectivity index (χ4n) is 4.76. The van der Waals surface area contributed by atoms with E-state index in [0.717, 1.165) is 46.3 Å². The molecule has 0 aliphatic heterocycles.